The van der Waals surface area contributed by atoms with Gasteiger partial charge >= 0.3 is 159 Å². The minimum absolute atomic E-state index is 0.0730. The van der Waals surface area contributed by atoms with Crippen LogP contribution in [0.3, 0.4) is 0 Å². The SMILES string of the molecule is CI(CC(C)(C)CCC(=O)OC(C)(C)C)Oc1ccc(SN)cc1. The molecule has 4 nitrogen and oxygen atoms in total. The molecule has 0 spiro atoms. The van der Waals surface area contributed by atoms with E-state index in [1.54, 1.807) is 0 Å². The van der Waals surface area contributed by atoms with Gasteiger partial charge in [0.05, 0.1) is 0 Å². The standard InChI is InChI=1S/C18H30INO3S/c1-17(2,3)22-16(21)11-12-18(4,5)13-19(6)23-14-7-9-15(24-20)10-8-14/h7-10H,11-13,20H2,1-6H3. The molecular weight excluding hydrogens is 437 g/mol. The van der Waals surface area contributed by atoms with Crippen molar-refractivity contribution in [3.05, 3.63) is 24.3 Å². The van der Waals surface area contributed by atoms with Crippen molar-refractivity contribution in [1.82, 2.24) is 0 Å². The van der Waals surface area contributed by atoms with E-state index in [1.807, 2.05) is 45.0 Å². The number of rotatable bonds is 8. The number of nitrogens with two attached hydrogens (primary N) is 1. The van der Waals surface area contributed by atoms with Crippen molar-refractivity contribution in [2.75, 3.05) is 9.36 Å². The van der Waals surface area contributed by atoms with Crippen LogP contribution >= 0.6 is 32.2 Å². The molecule has 0 saturated heterocycles. The Kier molecular flexibility index (Phi) is 8.35. The van der Waals surface area contributed by atoms with Crippen LogP contribution in [0.15, 0.2) is 29.2 Å². The molecule has 6 heteroatoms. The molecule has 0 atom stereocenters. The van der Waals surface area contributed by atoms with Crippen molar-refractivity contribution < 1.29 is 12.6 Å². The first-order chi connectivity index (χ1) is 11.0. The molecule has 0 aliphatic heterocycles. The molecule has 2 N–H and O–H groups in total. The fourth-order valence-corrected chi connectivity index (χ4v) is 7.06. The second-order valence-electron chi connectivity index (χ2n) is 7.58. The van der Waals surface area contributed by atoms with E-state index >= 15 is 0 Å². The number of carbonyl (C=O) groups is 1. The molecule has 0 radical (unpaired) electrons. The predicted octanol–water partition coefficient (Wildman–Crippen LogP) is 5.23. The van der Waals surface area contributed by atoms with E-state index in [1.165, 1.54) is 11.9 Å². The van der Waals surface area contributed by atoms with Gasteiger partial charge in [-0.2, -0.15) is 0 Å². The van der Waals surface area contributed by atoms with Gasteiger partial charge in [0.15, 0.2) is 0 Å². The van der Waals surface area contributed by atoms with Crippen LogP contribution in [0.4, 0.5) is 0 Å². The van der Waals surface area contributed by atoms with Crippen LogP contribution in [0.2, 0.25) is 0 Å². The summed E-state index contributed by atoms with van der Waals surface area (Å²) >= 11 is -0.325. The minimum atomic E-state index is -1.56. The summed E-state index contributed by atoms with van der Waals surface area (Å²) in [5, 5.41) is 5.53. The van der Waals surface area contributed by atoms with Gasteiger partial charge in [0, 0.05) is 0 Å². The van der Waals surface area contributed by atoms with Gasteiger partial charge in [-0.3, -0.25) is 0 Å². The van der Waals surface area contributed by atoms with Crippen LogP contribution in [0.5, 0.6) is 5.75 Å². The third kappa shape index (κ3) is 9.13. The quantitative estimate of drug-likeness (QED) is 0.246. The van der Waals surface area contributed by atoms with Gasteiger partial charge in [0.1, 0.15) is 0 Å². The van der Waals surface area contributed by atoms with E-state index in [-0.39, 0.29) is 11.4 Å². The number of alkyl halides is 2. The first-order valence-corrected chi connectivity index (χ1v) is 13.4. The molecule has 0 heterocycles. The third-order valence-corrected chi connectivity index (χ3v) is 8.10. The van der Waals surface area contributed by atoms with Crippen LogP contribution in [0.25, 0.3) is 0 Å². The van der Waals surface area contributed by atoms with Gasteiger partial charge in [0.25, 0.3) is 0 Å². The Morgan fingerprint density at radius 1 is 1.17 bits per heavy atom. The number of hydrogen-bond donors (Lipinski definition) is 1. The first kappa shape index (κ1) is 21.6. The second kappa shape index (κ2) is 9.29. The number of hydrogen-bond acceptors (Lipinski definition) is 5. The van der Waals surface area contributed by atoms with E-state index in [0.717, 1.165) is 21.5 Å². The summed E-state index contributed by atoms with van der Waals surface area (Å²) in [6.45, 7) is 10.1. The third-order valence-electron chi connectivity index (χ3n) is 3.16. The van der Waals surface area contributed by atoms with Crippen molar-refractivity contribution in [3.8, 4) is 5.75 Å². The monoisotopic (exact) mass is 467 g/mol. The average molecular weight is 467 g/mol. The van der Waals surface area contributed by atoms with Crippen molar-refractivity contribution in [3.63, 3.8) is 0 Å². The van der Waals surface area contributed by atoms with E-state index in [2.05, 4.69) is 18.8 Å². The van der Waals surface area contributed by atoms with Crippen molar-refractivity contribution in [1.29, 1.82) is 0 Å². The van der Waals surface area contributed by atoms with Crippen molar-refractivity contribution in [2.45, 2.75) is 58.0 Å². The van der Waals surface area contributed by atoms with E-state index < -0.39 is 25.8 Å². The van der Waals surface area contributed by atoms with Crippen molar-refractivity contribution >= 4 is 38.2 Å². The van der Waals surface area contributed by atoms with Crippen LogP contribution in [0.1, 0.15) is 47.5 Å². The molecule has 0 aromatic heterocycles. The molecule has 1 aromatic carbocycles. The molecule has 24 heavy (non-hydrogen) atoms. The summed E-state index contributed by atoms with van der Waals surface area (Å²) in [6.07, 6.45) is 1.27. The predicted molar refractivity (Wildman–Crippen MR) is 111 cm³/mol. The summed E-state index contributed by atoms with van der Waals surface area (Å²) in [5.41, 5.74) is -0.342. The summed E-state index contributed by atoms with van der Waals surface area (Å²) in [6, 6.07) is 7.88. The maximum atomic E-state index is 11.9. The normalized spacial score (nSPS) is 12.7. The summed E-state index contributed by atoms with van der Waals surface area (Å²) < 4.78 is 12.5. The van der Waals surface area contributed by atoms with Gasteiger partial charge in [-0.25, -0.2) is 0 Å². The molecule has 0 aliphatic carbocycles. The molecule has 0 amide bonds. The van der Waals surface area contributed by atoms with Gasteiger partial charge < -0.3 is 0 Å². The summed E-state index contributed by atoms with van der Waals surface area (Å²) in [7, 11) is 0. The van der Waals surface area contributed by atoms with Crippen LogP contribution in [0, 0.1) is 5.41 Å². The van der Waals surface area contributed by atoms with Gasteiger partial charge in [-0.05, 0) is 0 Å². The Morgan fingerprint density at radius 3 is 2.25 bits per heavy atom. The maximum absolute atomic E-state index is 11.9. The zero-order valence-electron chi connectivity index (χ0n) is 15.5. The van der Waals surface area contributed by atoms with Crippen LogP contribution < -0.4 is 8.21 Å². The number of halogens is 1. The van der Waals surface area contributed by atoms with E-state index in [4.69, 9.17) is 12.9 Å². The summed E-state index contributed by atoms with van der Waals surface area (Å²) in [4.78, 5) is 15.1. The van der Waals surface area contributed by atoms with Crippen molar-refractivity contribution in [2.24, 2.45) is 10.6 Å². The zero-order valence-corrected chi connectivity index (χ0v) is 18.5. The number of ether oxygens (including phenoxy) is 1. The van der Waals surface area contributed by atoms with Crippen LogP contribution in [-0.4, -0.2) is 20.9 Å². The average Bonchev–Trinajstić information content (AvgIpc) is 2.44. The topological polar surface area (TPSA) is 61.5 Å². The molecule has 0 bridgehead atoms. The molecule has 0 saturated carbocycles. The molecule has 1 aromatic rings. The van der Waals surface area contributed by atoms with E-state index in [9.17, 15) is 4.79 Å². The number of esters is 1. The Hall–Kier alpha value is -0.470. The van der Waals surface area contributed by atoms with Crippen LogP contribution in [-0.2, 0) is 9.53 Å². The molecule has 0 aliphatic rings. The Balaban J connectivity index is 2.45. The zero-order chi connectivity index (χ0) is 18.4. The Labute approximate surface area is 158 Å². The fourth-order valence-electron chi connectivity index (χ4n) is 2.16. The molecule has 0 unspecified atom stereocenters. The van der Waals surface area contributed by atoms with Gasteiger partial charge in [-0.15, -0.1) is 0 Å². The fraction of sp³-hybridized carbons (Fsp3) is 0.611. The molecule has 1 rings (SSSR count). The first-order valence-electron chi connectivity index (χ1n) is 7.94. The number of benzene rings is 1. The molecular formula is C18H30INO3S. The Bertz CT molecular complexity index is 526. The van der Waals surface area contributed by atoms with Gasteiger partial charge in [-0.1, -0.05) is 0 Å². The summed E-state index contributed by atoms with van der Waals surface area (Å²) in [5.74, 6) is 0.784. The van der Waals surface area contributed by atoms with Gasteiger partial charge in [0.2, 0.25) is 0 Å². The second-order valence-corrected chi connectivity index (χ2v) is 12.5. The Morgan fingerprint density at radius 2 is 1.75 bits per heavy atom. The number of carbonyl (C=O) groups excluding carboxylic acids is 1. The molecule has 138 valence electrons. The van der Waals surface area contributed by atoms with E-state index in [0.29, 0.717) is 6.42 Å². The molecule has 0 fully saturated rings.